The Morgan fingerprint density at radius 3 is 2.47 bits per heavy atom. The zero-order valence-electron chi connectivity index (χ0n) is 19.5. The van der Waals surface area contributed by atoms with Gasteiger partial charge >= 0.3 is 6.03 Å². The molecule has 1 saturated heterocycles. The summed E-state index contributed by atoms with van der Waals surface area (Å²) in [6.07, 6.45) is 2.08. The van der Waals surface area contributed by atoms with E-state index in [1.807, 2.05) is 24.0 Å². The zero-order chi connectivity index (χ0) is 21.7. The molecule has 30 heavy (non-hydrogen) atoms. The van der Waals surface area contributed by atoms with Crippen LogP contribution >= 0.6 is 0 Å². The second-order valence-corrected chi connectivity index (χ2v) is 9.08. The van der Waals surface area contributed by atoms with Crippen LogP contribution in [0.3, 0.4) is 0 Å². The van der Waals surface area contributed by atoms with E-state index in [2.05, 4.69) is 54.9 Å². The molecule has 0 unspecified atom stereocenters. The van der Waals surface area contributed by atoms with E-state index in [1.54, 1.807) is 0 Å². The average Bonchev–Trinajstić information content (AvgIpc) is 2.75. The van der Waals surface area contributed by atoms with Crippen molar-refractivity contribution >= 4 is 17.4 Å². The summed E-state index contributed by atoms with van der Waals surface area (Å²) in [5.41, 5.74) is 2.00. The lowest BCUT2D eigenvalue weighted by atomic mass is 9.63. The molecule has 1 aromatic rings. The molecule has 1 aromatic carbocycles. The molecule has 168 valence electrons. The van der Waals surface area contributed by atoms with Crippen LogP contribution in [0, 0.1) is 5.41 Å². The Labute approximate surface area is 182 Å². The van der Waals surface area contributed by atoms with Crippen LogP contribution in [0.15, 0.2) is 24.3 Å². The van der Waals surface area contributed by atoms with Gasteiger partial charge in [-0.05, 0) is 38.4 Å². The molecule has 1 aliphatic carbocycles. The largest absolute Gasteiger partial charge is 0.378 e. The number of carbonyl (C=O) groups excluding carboxylic acids is 1. The second kappa shape index (κ2) is 10.0. The standard InChI is InChI=1S/C24H40N4O2/c1-6-13-28(21-18-22(30-8-3)24(21,4)5)23(29)25-19-11-9-10-12-20(19)27-16-14-26(7-2)15-17-27/h9-12,21-22H,6-8,13-18H2,1-5H3,(H,25,29)/t21-,22+/m1/s1. The number of para-hydroxylation sites is 2. The summed E-state index contributed by atoms with van der Waals surface area (Å²) >= 11 is 0. The average molecular weight is 417 g/mol. The Hall–Kier alpha value is -1.79. The van der Waals surface area contributed by atoms with Gasteiger partial charge in [0.15, 0.2) is 0 Å². The van der Waals surface area contributed by atoms with Crippen molar-refractivity contribution in [2.45, 2.75) is 59.6 Å². The number of likely N-dealkylation sites (N-methyl/N-ethyl adjacent to an activating group) is 1. The summed E-state index contributed by atoms with van der Waals surface area (Å²) in [7, 11) is 0. The zero-order valence-corrected chi connectivity index (χ0v) is 19.5. The molecule has 1 aliphatic heterocycles. The molecule has 2 atom stereocenters. The van der Waals surface area contributed by atoms with Gasteiger partial charge in [0.1, 0.15) is 0 Å². The summed E-state index contributed by atoms with van der Waals surface area (Å²) in [5, 5.41) is 3.24. The number of rotatable bonds is 8. The highest BCUT2D eigenvalue weighted by Gasteiger charge is 2.52. The van der Waals surface area contributed by atoms with Crippen LogP contribution in [-0.2, 0) is 4.74 Å². The number of nitrogens with one attached hydrogen (secondary N) is 1. The number of ether oxygens (including phenoxy) is 1. The Kier molecular flexibility index (Phi) is 7.64. The van der Waals surface area contributed by atoms with E-state index in [9.17, 15) is 4.79 Å². The van der Waals surface area contributed by atoms with Gasteiger partial charge in [-0.2, -0.15) is 0 Å². The number of urea groups is 1. The lowest BCUT2D eigenvalue weighted by molar-refractivity contribution is -0.138. The van der Waals surface area contributed by atoms with Crippen LogP contribution in [0.2, 0.25) is 0 Å². The van der Waals surface area contributed by atoms with Gasteiger partial charge in [-0.3, -0.25) is 0 Å². The van der Waals surface area contributed by atoms with Crippen LogP contribution in [0.5, 0.6) is 0 Å². The van der Waals surface area contributed by atoms with Crippen LogP contribution < -0.4 is 10.2 Å². The molecule has 1 heterocycles. The molecule has 2 amide bonds. The second-order valence-electron chi connectivity index (χ2n) is 9.08. The predicted octanol–water partition coefficient (Wildman–Crippen LogP) is 4.28. The van der Waals surface area contributed by atoms with Crippen molar-refractivity contribution in [2.75, 3.05) is 56.1 Å². The number of hydrogen-bond acceptors (Lipinski definition) is 4. The number of nitrogens with zero attached hydrogens (tertiary/aromatic N) is 3. The highest BCUT2D eigenvalue weighted by atomic mass is 16.5. The van der Waals surface area contributed by atoms with Crippen molar-refractivity contribution in [3.63, 3.8) is 0 Å². The van der Waals surface area contributed by atoms with Gasteiger partial charge in [0.05, 0.1) is 17.5 Å². The van der Waals surface area contributed by atoms with E-state index in [0.717, 1.165) is 70.1 Å². The first-order valence-corrected chi connectivity index (χ1v) is 11.7. The molecule has 0 aromatic heterocycles. The van der Waals surface area contributed by atoms with E-state index in [0.29, 0.717) is 0 Å². The van der Waals surface area contributed by atoms with Crippen molar-refractivity contribution in [1.29, 1.82) is 0 Å². The Bertz CT molecular complexity index is 700. The minimum atomic E-state index is -0.0292. The van der Waals surface area contributed by atoms with Gasteiger partial charge in [0.2, 0.25) is 0 Å². The smallest absolute Gasteiger partial charge is 0.322 e. The Morgan fingerprint density at radius 1 is 1.17 bits per heavy atom. The maximum Gasteiger partial charge on any atom is 0.322 e. The molecule has 0 bridgehead atoms. The minimum absolute atomic E-state index is 0.00418. The Balaban J connectivity index is 1.71. The fourth-order valence-electron chi connectivity index (χ4n) is 4.86. The van der Waals surface area contributed by atoms with E-state index < -0.39 is 0 Å². The highest BCUT2D eigenvalue weighted by molar-refractivity contribution is 5.93. The molecule has 2 aliphatic rings. The molecule has 1 saturated carbocycles. The molecular formula is C24H40N4O2. The first-order chi connectivity index (χ1) is 14.4. The quantitative estimate of drug-likeness (QED) is 0.687. The number of amides is 2. The first-order valence-electron chi connectivity index (χ1n) is 11.7. The van der Waals surface area contributed by atoms with E-state index in [1.165, 1.54) is 0 Å². The summed E-state index contributed by atoms with van der Waals surface area (Å²) in [6.45, 7) is 17.5. The molecule has 6 heteroatoms. The maximum absolute atomic E-state index is 13.4. The number of benzene rings is 1. The van der Waals surface area contributed by atoms with Gasteiger partial charge in [-0.25, -0.2) is 4.79 Å². The van der Waals surface area contributed by atoms with Gasteiger partial charge < -0.3 is 24.8 Å². The lowest BCUT2D eigenvalue weighted by Crippen LogP contribution is -2.64. The summed E-state index contributed by atoms with van der Waals surface area (Å²) in [4.78, 5) is 20.3. The molecule has 1 N–H and O–H groups in total. The highest BCUT2D eigenvalue weighted by Crippen LogP contribution is 2.46. The third-order valence-electron chi connectivity index (χ3n) is 6.90. The minimum Gasteiger partial charge on any atom is -0.378 e. The summed E-state index contributed by atoms with van der Waals surface area (Å²) in [5.74, 6) is 0. The van der Waals surface area contributed by atoms with Gasteiger partial charge in [-0.1, -0.05) is 39.8 Å². The van der Waals surface area contributed by atoms with Crippen LogP contribution in [-0.4, -0.2) is 73.9 Å². The van der Waals surface area contributed by atoms with E-state index in [4.69, 9.17) is 4.74 Å². The third-order valence-corrected chi connectivity index (χ3v) is 6.90. The summed E-state index contributed by atoms with van der Waals surface area (Å²) in [6, 6.07) is 8.42. The van der Waals surface area contributed by atoms with Gasteiger partial charge in [0, 0.05) is 50.8 Å². The molecule has 6 nitrogen and oxygen atoms in total. The fraction of sp³-hybridized carbons (Fsp3) is 0.708. The maximum atomic E-state index is 13.4. The fourth-order valence-corrected chi connectivity index (χ4v) is 4.86. The van der Waals surface area contributed by atoms with Crippen molar-refractivity contribution in [3.05, 3.63) is 24.3 Å². The number of hydrogen-bond donors (Lipinski definition) is 1. The van der Waals surface area contributed by atoms with Crippen LogP contribution in [0.25, 0.3) is 0 Å². The van der Waals surface area contributed by atoms with E-state index in [-0.39, 0.29) is 23.6 Å². The van der Waals surface area contributed by atoms with Crippen LogP contribution in [0.1, 0.15) is 47.5 Å². The SMILES string of the molecule is CCCN(C(=O)Nc1ccccc1N1CCN(CC)CC1)[C@@H]1C[C@H](OCC)C1(C)C. The van der Waals surface area contributed by atoms with E-state index >= 15 is 0 Å². The van der Waals surface area contributed by atoms with Crippen molar-refractivity contribution in [1.82, 2.24) is 9.80 Å². The molecule has 2 fully saturated rings. The number of piperazine rings is 1. The molecule has 0 radical (unpaired) electrons. The lowest BCUT2D eigenvalue weighted by Gasteiger charge is -2.55. The normalized spacial score (nSPS) is 23.7. The third kappa shape index (κ3) is 4.75. The van der Waals surface area contributed by atoms with Crippen molar-refractivity contribution < 1.29 is 9.53 Å². The van der Waals surface area contributed by atoms with Crippen molar-refractivity contribution in [2.24, 2.45) is 5.41 Å². The number of anilines is 2. The van der Waals surface area contributed by atoms with Gasteiger partial charge in [-0.15, -0.1) is 0 Å². The Morgan fingerprint density at radius 2 is 1.87 bits per heavy atom. The first kappa shape index (κ1) is 22.9. The molecule has 0 spiro atoms. The monoisotopic (exact) mass is 416 g/mol. The van der Waals surface area contributed by atoms with Crippen LogP contribution in [0.4, 0.5) is 16.2 Å². The molecule has 3 rings (SSSR count). The topological polar surface area (TPSA) is 48.1 Å². The molecular weight excluding hydrogens is 376 g/mol. The van der Waals surface area contributed by atoms with Crippen molar-refractivity contribution in [3.8, 4) is 0 Å². The predicted molar refractivity (Wildman–Crippen MR) is 124 cm³/mol. The van der Waals surface area contributed by atoms with Gasteiger partial charge in [0.25, 0.3) is 0 Å². The number of carbonyl (C=O) groups is 1. The summed E-state index contributed by atoms with van der Waals surface area (Å²) < 4.78 is 5.90.